The number of hydrogen-bond acceptors (Lipinski definition) is 5. The normalized spacial score (nSPS) is 17.7. The van der Waals surface area contributed by atoms with Gasteiger partial charge in [0.2, 0.25) is 0 Å². The molecule has 1 aliphatic rings. The van der Waals surface area contributed by atoms with E-state index in [1.807, 2.05) is 25.1 Å². The first-order valence-corrected chi connectivity index (χ1v) is 11.0. The lowest BCUT2D eigenvalue weighted by Gasteiger charge is -2.39. The van der Waals surface area contributed by atoms with Crippen molar-refractivity contribution in [3.63, 3.8) is 0 Å². The minimum atomic E-state index is -1.20. The maximum absolute atomic E-state index is 10.7. The van der Waals surface area contributed by atoms with Gasteiger partial charge in [-0.15, -0.1) is 24.0 Å². The molecule has 2 heterocycles. The van der Waals surface area contributed by atoms with Crippen molar-refractivity contribution in [2.75, 3.05) is 40.0 Å². The van der Waals surface area contributed by atoms with E-state index >= 15 is 0 Å². The third-order valence-electron chi connectivity index (χ3n) is 5.72. The van der Waals surface area contributed by atoms with Gasteiger partial charge in [-0.05, 0) is 57.0 Å². The second-order valence-electron chi connectivity index (χ2n) is 8.04. The molecule has 0 spiro atoms. The number of nitrogens with zero attached hydrogens (tertiary/aromatic N) is 1. The Morgan fingerprint density at radius 2 is 2.03 bits per heavy atom. The molecule has 0 saturated carbocycles. The lowest BCUT2D eigenvalue weighted by atomic mass is 9.73. The Hall–Kier alpha value is -1.49. The van der Waals surface area contributed by atoms with Crippen LogP contribution in [0.3, 0.4) is 0 Å². The van der Waals surface area contributed by atoms with Crippen LogP contribution in [0.25, 0.3) is 0 Å². The minimum absolute atomic E-state index is 0. The van der Waals surface area contributed by atoms with Crippen LogP contribution in [0.2, 0.25) is 5.02 Å². The highest BCUT2D eigenvalue weighted by Crippen LogP contribution is 2.40. The van der Waals surface area contributed by atoms with Gasteiger partial charge < -0.3 is 29.6 Å². The summed E-state index contributed by atoms with van der Waals surface area (Å²) in [7, 11) is 1.68. The van der Waals surface area contributed by atoms with Gasteiger partial charge in [0.1, 0.15) is 17.1 Å². The van der Waals surface area contributed by atoms with Crippen molar-refractivity contribution >= 4 is 41.5 Å². The van der Waals surface area contributed by atoms with Gasteiger partial charge in [-0.1, -0.05) is 11.6 Å². The fourth-order valence-corrected chi connectivity index (χ4v) is 4.06. The van der Waals surface area contributed by atoms with Gasteiger partial charge in [0, 0.05) is 42.3 Å². The Morgan fingerprint density at radius 3 is 2.66 bits per heavy atom. The zero-order valence-corrected chi connectivity index (χ0v) is 21.9. The SMILES string of the molecule is CCNC(=NCC(C)(O)c1ccco1)NCC1(c2cc(Cl)ccc2OC)CCOCC1.I. The molecule has 1 aliphatic heterocycles. The highest BCUT2D eigenvalue weighted by Gasteiger charge is 2.37. The summed E-state index contributed by atoms with van der Waals surface area (Å²) in [6.45, 7) is 6.51. The number of aliphatic hydroxyl groups is 1. The lowest BCUT2D eigenvalue weighted by Crippen LogP contribution is -2.48. The first kappa shape index (κ1) is 26.8. The second kappa shape index (κ2) is 12.1. The Kier molecular flexibility index (Phi) is 10.1. The molecule has 1 aromatic heterocycles. The summed E-state index contributed by atoms with van der Waals surface area (Å²) in [6.07, 6.45) is 3.21. The van der Waals surface area contributed by atoms with Crippen molar-refractivity contribution < 1.29 is 19.0 Å². The van der Waals surface area contributed by atoms with Crippen LogP contribution in [0, 0.1) is 0 Å². The molecule has 7 nitrogen and oxygen atoms in total. The van der Waals surface area contributed by atoms with Gasteiger partial charge in [-0.25, -0.2) is 4.99 Å². The first-order chi connectivity index (χ1) is 14.9. The summed E-state index contributed by atoms with van der Waals surface area (Å²) in [4.78, 5) is 4.61. The molecule has 9 heteroatoms. The largest absolute Gasteiger partial charge is 0.496 e. The summed E-state index contributed by atoms with van der Waals surface area (Å²) in [5, 5.41) is 18.1. The van der Waals surface area contributed by atoms with E-state index in [0.717, 1.165) is 24.2 Å². The van der Waals surface area contributed by atoms with E-state index < -0.39 is 5.60 Å². The molecule has 3 N–H and O–H groups in total. The van der Waals surface area contributed by atoms with E-state index in [4.69, 9.17) is 25.5 Å². The van der Waals surface area contributed by atoms with E-state index in [9.17, 15) is 5.11 Å². The molecular weight excluding hydrogens is 545 g/mol. The monoisotopic (exact) mass is 577 g/mol. The van der Waals surface area contributed by atoms with Crippen molar-refractivity contribution in [1.29, 1.82) is 0 Å². The molecule has 0 radical (unpaired) electrons. The van der Waals surface area contributed by atoms with Crippen molar-refractivity contribution in [3.8, 4) is 5.75 Å². The van der Waals surface area contributed by atoms with Crippen LogP contribution in [0.5, 0.6) is 5.75 Å². The average molecular weight is 578 g/mol. The number of benzene rings is 1. The smallest absolute Gasteiger partial charge is 0.191 e. The number of nitrogens with one attached hydrogen (secondary N) is 2. The maximum Gasteiger partial charge on any atom is 0.191 e. The summed E-state index contributed by atoms with van der Waals surface area (Å²) in [5.74, 6) is 1.92. The Morgan fingerprint density at radius 1 is 1.28 bits per heavy atom. The second-order valence-corrected chi connectivity index (χ2v) is 8.47. The molecule has 0 amide bonds. The molecule has 1 saturated heterocycles. The van der Waals surface area contributed by atoms with E-state index in [2.05, 4.69) is 15.6 Å². The van der Waals surface area contributed by atoms with Crippen molar-refractivity contribution in [2.24, 2.45) is 4.99 Å². The predicted molar refractivity (Wildman–Crippen MR) is 137 cm³/mol. The topological polar surface area (TPSA) is 88.3 Å². The number of hydrogen-bond donors (Lipinski definition) is 3. The van der Waals surface area contributed by atoms with Crippen LogP contribution in [0.15, 0.2) is 46.0 Å². The Balaban J connectivity index is 0.00000363. The van der Waals surface area contributed by atoms with Gasteiger partial charge in [-0.3, -0.25) is 0 Å². The molecule has 1 unspecified atom stereocenters. The highest BCUT2D eigenvalue weighted by atomic mass is 127. The number of halogens is 2. The molecule has 32 heavy (non-hydrogen) atoms. The van der Waals surface area contributed by atoms with E-state index in [0.29, 0.717) is 43.0 Å². The van der Waals surface area contributed by atoms with Gasteiger partial charge in [0.15, 0.2) is 5.96 Å². The number of furan rings is 1. The summed E-state index contributed by atoms with van der Waals surface area (Å²) < 4.78 is 16.7. The first-order valence-electron chi connectivity index (χ1n) is 10.6. The van der Waals surface area contributed by atoms with Crippen LogP contribution in [0.4, 0.5) is 0 Å². The van der Waals surface area contributed by atoms with Crippen LogP contribution >= 0.6 is 35.6 Å². The number of ether oxygens (including phenoxy) is 2. The molecule has 178 valence electrons. The molecule has 3 rings (SSSR count). The fourth-order valence-electron chi connectivity index (χ4n) is 3.89. The summed E-state index contributed by atoms with van der Waals surface area (Å²) in [5.41, 5.74) is -0.344. The average Bonchev–Trinajstić information content (AvgIpc) is 3.32. The minimum Gasteiger partial charge on any atom is -0.496 e. The molecule has 0 bridgehead atoms. The zero-order chi connectivity index (χ0) is 22.3. The van der Waals surface area contributed by atoms with Crippen molar-refractivity contribution in [1.82, 2.24) is 10.6 Å². The van der Waals surface area contributed by atoms with Crippen molar-refractivity contribution in [3.05, 3.63) is 52.9 Å². The van der Waals surface area contributed by atoms with E-state index in [-0.39, 0.29) is 35.9 Å². The van der Waals surface area contributed by atoms with Crippen molar-refractivity contribution in [2.45, 2.75) is 37.7 Å². The van der Waals surface area contributed by atoms with Gasteiger partial charge in [0.05, 0.1) is 19.9 Å². The van der Waals surface area contributed by atoms with Gasteiger partial charge in [-0.2, -0.15) is 0 Å². The molecule has 1 atom stereocenters. The number of methoxy groups -OCH3 is 1. The van der Waals surface area contributed by atoms with Gasteiger partial charge >= 0.3 is 0 Å². The number of aliphatic imine (C=N–C) groups is 1. The number of guanidine groups is 1. The standard InChI is InChI=1S/C23H32ClN3O4.HI/c1-4-25-21(26-15-22(2,28)20-6-5-11-31-20)27-16-23(9-12-30-13-10-23)18-14-17(24)7-8-19(18)29-3;/h5-8,11,14,28H,4,9-10,12-13,15-16H2,1-3H3,(H2,25,26,27);1H. The Labute approximate surface area is 211 Å². The zero-order valence-electron chi connectivity index (χ0n) is 18.8. The highest BCUT2D eigenvalue weighted by molar-refractivity contribution is 14.0. The van der Waals surface area contributed by atoms with E-state index in [1.54, 1.807) is 32.4 Å². The van der Waals surface area contributed by atoms with Crippen LogP contribution in [0.1, 0.15) is 38.0 Å². The molecule has 1 aromatic carbocycles. The fraction of sp³-hybridized carbons (Fsp3) is 0.522. The van der Waals surface area contributed by atoms with Gasteiger partial charge in [0.25, 0.3) is 0 Å². The van der Waals surface area contributed by atoms with Crippen LogP contribution in [-0.4, -0.2) is 51.0 Å². The molecule has 0 aliphatic carbocycles. The number of rotatable bonds is 8. The lowest BCUT2D eigenvalue weighted by molar-refractivity contribution is 0.0435. The predicted octanol–water partition coefficient (Wildman–Crippen LogP) is 4.07. The third-order valence-corrected chi connectivity index (χ3v) is 5.95. The molecule has 2 aromatic rings. The molecular formula is C23H33ClIN3O4. The quantitative estimate of drug-likeness (QED) is 0.249. The third kappa shape index (κ3) is 6.52. The van der Waals surface area contributed by atoms with Crippen LogP contribution < -0.4 is 15.4 Å². The Bertz CT molecular complexity index is 868. The summed E-state index contributed by atoms with van der Waals surface area (Å²) >= 11 is 6.34. The summed E-state index contributed by atoms with van der Waals surface area (Å²) in [6, 6.07) is 9.24. The van der Waals surface area contributed by atoms with Crippen LogP contribution in [-0.2, 0) is 15.8 Å². The molecule has 1 fully saturated rings. The maximum atomic E-state index is 10.7. The van der Waals surface area contributed by atoms with E-state index in [1.165, 1.54) is 0 Å².